The van der Waals surface area contributed by atoms with Crippen LogP contribution in [0.5, 0.6) is 0 Å². The van der Waals surface area contributed by atoms with Crippen LogP contribution in [0.25, 0.3) is 0 Å². The molecule has 0 atom stereocenters. The van der Waals surface area contributed by atoms with Gasteiger partial charge in [0, 0.05) is 0 Å². The molecule has 0 amide bonds. The van der Waals surface area contributed by atoms with E-state index in [0.717, 1.165) is 11.1 Å². The van der Waals surface area contributed by atoms with Crippen molar-refractivity contribution in [3.05, 3.63) is 70.8 Å². The normalized spacial score (nSPS) is 11.2. The molecule has 2 nitrogen and oxygen atoms in total. The second-order valence-electron chi connectivity index (χ2n) is 6.02. The van der Waals surface area contributed by atoms with Gasteiger partial charge in [0.2, 0.25) is 0 Å². The van der Waals surface area contributed by atoms with Crippen molar-refractivity contribution in [1.29, 1.82) is 0 Å². The number of hydrogen-bond acceptors (Lipinski definition) is 2. The van der Waals surface area contributed by atoms with E-state index in [0.29, 0.717) is 11.1 Å². The molecule has 3 heteroatoms. The summed E-state index contributed by atoms with van der Waals surface area (Å²) in [5.74, 6) is 3.76. The standard InChI is InChI=1S/C18H20GeO2/c1-13-5-9-15(10-6-13)17(20)19(3,4)18(21)16-11-7-14(2)8-12-16/h5-12H,1-4H3. The third-order valence-electron chi connectivity index (χ3n) is 3.76. The Labute approximate surface area is 128 Å². The fourth-order valence-corrected chi connectivity index (χ4v) is 6.40. The van der Waals surface area contributed by atoms with Gasteiger partial charge >= 0.3 is 128 Å². The second-order valence-corrected chi connectivity index (χ2v) is 14.7. The molecule has 0 aliphatic carbocycles. The molecular weight excluding hydrogens is 321 g/mol. The Hall–Kier alpha value is -1.68. The predicted octanol–water partition coefficient (Wildman–Crippen LogP) is 4.16. The van der Waals surface area contributed by atoms with Gasteiger partial charge < -0.3 is 0 Å². The second kappa shape index (κ2) is 5.98. The van der Waals surface area contributed by atoms with Gasteiger partial charge in [-0.15, -0.1) is 0 Å². The molecule has 21 heavy (non-hydrogen) atoms. The van der Waals surface area contributed by atoms with Crippen LogP contribution >= 0.6 is 0 Å². The first-order chi connectivity index (χ1) is 9.82. The molecular formula is C18H20GeO2. The summed E-state index contributed by atoms with van der Waals surface area (Å²) in [5, 5.41) is 0. The third kappa shape index (κ3) is 3.32. The van der Waals surface area contributed by atoms with E-state index in [1.807, 2.05) is 73.9 Å². The van der Waals surface area contributed by atoms with Gasteiger partial charge in [0.1, 0.15) is 0 Å². The first-order valence-corrected chi connectivity index (χ1v) is 13.3. The van der Waals surface area contributed by atoms with Crippen molar-refractivity contribution >= 4 is 22.5 Å². The van der Waals surface area contributed by atoms with E-state index in [-0.39, 0.29) is 9.23 Å². The number of aryl methyl sites for hydroxylation is 2. The van der Waals surface area contributed by atoms with Gasteiger partial charge in [-0.2, -0.15) is 0 Å². The van der Waals surface area contributed by atoms with Crippen molar-refractivity contribution in [2.24, 2.45) is 0 Å². The van der Waals surface area contributed by atoms with Crippen LogP contribution in [-0.4, -0.2) is 22.5 Å². The Balaban J connectivity index is 2.32. The Morgan fingerprint density at radius 1 is 0.667 bits per heavy atom. The molecule has 0 saturated heterocycles. The summed E-state index contributed by atoms with van der Waals surface area (Å²) in [6.07, 6.45) is 0. The Morgan fingerprint density at radius 3 is 1.24 bits per heavy atom. The van der Waals surface area contributed by atoms with E-state index >= 15 is 0 Å². The minimum absolute atomic E-state index is 0.0422. The zero-order valence-electron chi connectivity index (χ0n) is 12.9. The van der Waals surface area contributed by atoms with Crippen LogP contribution < -0.4 is 0 Å². The molecule has 0 unspecified atom stereocenters. The molecule has 0 N–H and O–H groups in total. The average Bonchev–Trinajstić information content (AvgIpc) is 2.47. The SMILES string of the molecule is Cc1ccc([C](=O)[Ge]([CH3])([CH3])[C](=O)c2ccc(C)cc2)cc1. The molecule has 2 aromatic rings. The van der Waals surface area contributed by atoms with Crippen molar-refractivity contribution in [3.63, 3.8) is 0 Å². The van der Waals surface area contributed by atoms with E-state index in [9.17, 15) is 9.59 Å². The van der Waals surface area contributed by atoms with E-state index in [1.165, 1.54) is 0 Å². The van der Waals surface area contributed by atoms with Gasteiger partial charge in [0.05, 0.1) is 0 Å². The number of hydrogen-bond donors (Lipinski definition) is 0. The molecule has 0 aliphatic heterocycles. The van der Waals surface area contributed by atoms with Crippen molar-refractivity contribution < 1.29 is 9.59 Å². The van der Waals surface area contributed by atoms with Crippen LogP contribution in [0.2, 0.25) is 11.5 Å². The van der Waals surface area contributed by atoms with E-state index in [4.69, 9.17) is 0 Å². The molecule has 108 valence electrons. The van der Waals surface area contributed by atoms with Gasteiger partial charge in [0.25, 0.3) is 0 Å². The molecule has 0 bridgehead atoms. The van der Waals surface area contributed by atoms with Crippen LogP contribution in [0.1, 0.15) is 31.8 Å². The Morgan fingerprint density at radius 2 is 0.952 bits per heavy atom. The quantitative estimate of drug-likeness (QED) is 0.783. The number of carbonyl (C=O) groups is 2. The summed E-state index contributed by atoms with van der Waals surface area (Å²) < 4.78 is 0.0844. The number of carbonyl (C=O) groups excluding carboxylic acids is 2. The molecule has 0 spiro atoms. The van der Waals surface area contributed by atoms with Crippen LogP contribution in [0, 0.1) is 13.8 Å². The Kier molecular flexibility index (Phi) is 4.47. The molecule has 2 aromatic carbocycles. The summed E-state index contributed by atoms with van der Waals surface area (Å²) >= 11 is -3.28. The molecule has 0 heterocycles. The summed E-state index contributed by atoms with van der Waals surface area (Å²) in [6.45, 7) is 3.97. The molecule has 2 rings (SSSR count). The third-order valence-corrected chi connectivity index (χ3v) is 9.74. The molecule has 0 fully saturated rings. The van der Waals surface area contributed by atoms with Gasteiger partial charge in [-0.3, -0.25) is 0 Å². The summed E-state index contributed by atoms with van der Waals surface area (Å²) in [4.78, 5) is 25.4. The van der Waals surface area contributed by atoms with Crippen LogP contribution in [0.4, 0.5) is 0 Å². The van der Waals surface area contributed by atoms with Crippen molar-refractivity contribution in [2.45, 2.75) is 25.4 Å². The molecule has 0 aromatic heterocycles. The zero-order valence-corrected chi connectivity index (χ0v) is 15.0. The summed E-state index contributed by atoms with van der Waals surface area (Å²) in [6, 6.07) is 15.0. The average molecular weight is 341 g/mol. The maximum absolute atomic E-state index is 12.7. The first kappa shape index (κ1) is 15.7. The van der Waals surface area contributed by atoms with Gasteiger partial charge in [-0.05, 0) is 0 Å². The van der Waals surface area contributed by atoms with Crippen molar-refractivity contribution in [2.75, 3.05) is 0 Å². The summed E-state index contributed by atoms with van der Waals surface area (Å²) in [5.41, 5.74) is 3.54. The fraction of sp³-hybridized carbons (Fsp3) is 0.222. The van der Waals surface area contributed by atoms with Crippen LogP contribution in [0.15, 0.2) is 48.5 Å². The van der Waals surface area contributed by atoms with Gasteiger partial charge in [0.15, 0.2) is 0 Å². The molecule has 0 aliphatic rings. The van der Waals surface area contributed by atoms with Crippen molar-refractivity contribution in [1.82, 2.24) is 0 Å². The summed E-state index contributed by atoms with van der Waals surface area (Å²) in [7, 11) is 0. The van der Waals surface area contributed by atoms with E-state index in [1.54, 1.807) is 0 Å². The molecule has 0 saturated carbocycles. The number of benzene rings is 2. The number of rotatable bonds is 4. The zero-order chi connectivity index (χ0) is 15.6. The van der Waals surface area contributed by atoms with Crippen LogP contribution in [0.3, 0.4) is 0 Å². The van der Waals surface area contributed by atoms with Gasteiger partial charge in [-0.1, -0.05) is 0 Å². The topological polar surface area (TPSA) is 34.1 Å². The van der Waals surface area contributed by atoms with Crippen LogP contribution in [-0.2, 0) is 0 Å². The van der Waals surface area contributed by atoms with Crippen molar-refractivity contribution in [3.8, 4) is 0 Å². The van der Waals surface area contributed by atoms with E-state index in [2.05, 4.69) is 0 Å². The monoisotopic (exact) mass is 342 g/mol. The fourth-order valence-electron chi connectivity index (χ4n) is 2.23. The van der Waals surface area contributed by atoms with Gasteiger partial charge in [-0.25, -0.2) is 0 Å². The minimum atomic E-state index is -3.28. The Bertz CT molecular complexity index is 608. The van der Waals surface area contributed by atoms with E-state index < -0.39 is 13.3 Å². The molecule has 0 radical (unpaired) electrons. The first-order valence-electron chi connectivity index (χ1n) is 7.05. The maximum atomic E-state index is 12.7. The predicted molar refractivity (Wildman–Crippen MR) is 88.5 cm³/mol.